The Labute approximate surface area is 147 Å². The molecule has 0 aliphatic heterocycles. The third-order valence-electron chi connectivity index (χ3n) is 3.33. The number of rotatable bonds is 6. The molecule has 0 aliphatic rings. The van der Waals surface area contributed by atoms with Gasteiger partial charge in [0, 0.05) is 17.3 Å². The van der Waals surface area contributed by atoms with Crippen molar-refractivity contribution in [3.63, 3.8) is 0 Å². The lowest BCUT2D eigenvalue weighted by atomic mass is 10.2. The van der Waals surface area contributed by atoms with Crippen molar-refractivity contribution in [2.24, 2.45) is 7.05 Å². The lowest BCUT2D eigenvalue weighted by Crippen LogP contribution is -2.02. The number of nitrogens with zero attached hydrogens (tertiary/aromatic N) is 3. The van der Waals surface area contributed by atoms with Crippen LogP contribution >= 0.6 is 27.7 Å². The van der Waals surface area contributed by atoms with Gasteiger partial charge in [-0.25, -0.2) is 0 Å². The lowest BCUT2D eigenvalue weighted by Gasteiger charge is -2.06. The largest absolute Gasteiger partial charge is 0.493 e. The molecule has 0 fully saturated rings. The van der Waals surface area contributed by atoms with Gasteiger partial charge in [-0.3, -0.25) is 0 Å². The van der Waals surface area contributed by atoms with E-state index in [9.17, 15) is 0 Å². The highest BCUT2D eigenvalue weighted by Crippen LogP contribution is 2.25. The monoisotopic (exact) mass is 393 g/mol. The van der Waals surface area contributed by atoms with Gasteiger partial charge in [-0.15, -0.1) is 10.2 Å². The Morgan fingerprint density at radius 2 is 2.00 bits per heavy atom. The number of hydrogen-bond donors (Lipinski definition) is 0. The molecule has 23 heavy (non-hydrogen) atoms. The smallest absolute Gasteiger partial charge is 0.191 e. The summed E-state index contributed by atoms with van der Waals surface area (Å²) in [6, 6.07) is 9.72. The zero-order valence-corrected chi connectivity index (χ0v) is 15.2. The molecule has 0 bridgehead atoms. The summed E-state index contributed by atoms with van der Waals surface area (Å²) in [5.41, 5.74) is 0.970. The van der Waals surface area contributed by atoms with E-state index in [1.54, 1.807) is 18.0 Å². The van der Waals surface area contributed by atoms with Crippen LogP contribution in [0.5, 0.6) is 5.75 Å². The zero-order chi connectivity index (χ0) is 16.2. The molecule has 0 saturated heterocycles. The van der Waals surface area contributed by atoms with Crippen molar-refractivity contribution in [3.8, 4) is 17.1 Å². The molecule has 1 aromatic carbocycles. The average Bonchev–Trinajstić information content (AvgIpc) is 3.12. The standard InChI is InChI=1S/C16H16BrN3O2S/c1-11-14(7-8-21-11)15-18-19-16(20(15)2)23-10-9-22-13-5-3-12(17)4-6-13/h3-8H,9-10H2,1-2H3. The van der Waals surface area contributed by atoms with Gasteiger partial charge in [-0.1, -0.05) is 27.7 Å². The van der Waals surface area contributed by atoms with Gasteiger partial charge in [-0.05, 0) is 37.3 Å². The zero-order valence-electron chi connectivity index (χ0n) is 12.8. The van der Waals surface area contributed by atoms with Crippen LogP contribution in [-0.4, -0.2) is 27.1 Å². The van der Waals surface area contributed by atoms with E-state index in [4.69, 9.17) is 9.15 Å². The summed E-state index contributed by atoms with van der Waals surface area (Å²) in [7, 11) is 1.96. The first-order valence-electron chi connectivity index (χ1n) is 7.10. The van der Waals surface area contributed by atoms with Gasteiger partial charge >= 0.3 is 0 Å². The molecule has 0 radical (unpaired) electrons. The predicted molar refractivity (Wildman–Crippen MR) is 93.8 cm³/mol. The predicted octanol–water partition coefficient (Wildman–Crippen LogP) is 4.32. The van der Waals surface area contributed by atoms with Crippen LogP contribution in [0.1, 0.15) is 5.76 Å². The highest BCUT2D eigenvalue weighted by Gasteiger charge is 2.14. The van der Waals surface area contributed by atoms with E-state index in [0.29, 0.717) is 6.61 Å². The SMILES string of the molecule is Cc1occc1-c1nnc(SCCOc2ccc(Br)cc2)n1C. The normalized spacial score (nSPS) is 10.9. The molecular formula is C16H16BrN3O2S. The van der Waals surface area contributed by atoms with E-state index in [1.807, 2.05) is 48.9 Å². The lowest BCUT2D eigenvalue weighted by molar-refractivity contribution is 0.344. The van der Waals surface area contributed by atoms with Crippen LogP contribution in [-0.2, 0) is 7.05 Å². The quantitative estimate of drug-likeness (QED) is 0.461. The topological polar surface area (TPSA) is 53.1 Å². The van der Waals surface area contributed by atoms with Gasteiger partial charge in [0.15, 0.2) is 11.0 Å². The van der Waals surface area contributed by atoms with E-state index in [1.165, 1.54) is 0 Å². The van der Waals surface area contributed by atoms with Crippen molar-refractivity contribution < 1.29 is 9.15 Å². The maximum atomic E-state index is 5.71. The average molecular weight is 394 g/mol. The number of hydrogen-bond acceptors (Lipinski definition) is 5. The van der Waals surface area contributed by atoms with Crippen LogP contribution in [0.25, 0.3) is 11.4 Å². The van der Waals surface area contributed by atoms with Crippen molar-refractivity contribution in [2.75, 3.05) is 12.4 Å². The van der Waals surface area contributed by atoms with Crippen LogP contribution in [0.3, 0.4) is 0 Å². The maximum absolute atomic E-state index is 5.71. The van der Waals surface area contributed by atoms with Crippen LogP contribution in [0.15, 0.2) is 50.6 Å². The molecular weight excluding hydrogens is 378 g/mol. The van der Waals surface area contributed by atoms with Crippen LogP contribution in [0.4, 0.5) is 0 Å². The fourth-order valence-corrected chi connectivity index (χ4v) is 3.11. The third-order valence-corrected chi connectivity index (χ3v) is 4.84. The van der Waals surface area contributed by atoms with Crippen molar-refractivity contribution in [1.82, 2.24) is 14.8 Å². The third kappa shape index (κ3) is 3.79. The summed E-state index contributed by atoms with van der Waals surface area (Å²) >= 11 is 5.02. The van der Waals surface area contributed by atoms with Crippen molar-refractivity contribution >= 4 is 27.7 Å². The molecule has 0 atom stereocenters. The first-order valence-corrected chi connectivity index (χ1v) is 8.88. The second-order valence-electron chi connectivity index (χ2n) is 4.91. The number of halogens is 1. The summed E-state index contributed by atoms with van der Waals surface area (Å²) in [5.74, 6) is 3.32. The second-order valence-corrected chi connectivity index (χ2v) is 6.88. The number of aromatic nitrogens is 3. The van der Waals surface area contributed by atoms with E-state index < -0.39 is 0 Å². The Kier molecular flexibility index (Phi) is 5.07. The maximum Gasteiger partial charge on any atom is 0.191 e. The van der Waals surface area contributed by atoms with Crippen molar-refractivity contribution in [1.29, 1.82) is 0 Å². The minimum Gasteiger partial charge on any atom is -0.493 e. The van der Waals surface area contributed by atoms with E-state index in [0.717, 1.165) is 38.3 Å². The summed E-state index contributed by atoms with van der Waals surface area (Å²) in [5, 5.41) is 9.35. The Morgan fingerprint density at radius 3 is 2.70 bits per heavy atom. The first-order chi connectivity index (χ1) is 11.1. The second kappa shape index (κ2) is 7.23. The number of ether oxygens (including phenoxy) is 1. The van der Waals surface area contributed by atoms with Gasteiger partial charge in [-0.2, -0.15) is 0 Å². The molecule has 7 heteroatoms. The molecule has 2 aromatic heterocycles. The molecule has 0 unspecified atom stereocenters. The number of benzene rings is 1. The van der Waals surface area contributed by atoms with Crippen LogP contribution in [0.2, 0.25) is 0 Å². The summed E-state index contributed by atoms with van der Waals surface area (Å²) < 4.78 is 14.1. The van der Waals surface area contributed by atoms with Crippen LogP contribution in [0, 0.1) is 6.92 Å². The molecule has 3 aromatic rings. The Hall–Kier alpha value is -1.73. The molecule has 120 valence electrons. The molecule has 0 spiro atoms. The molecule has 0 amide bonds. The van der Waals surface area contributed by atoms with Gasteiger partial charge in [0.1, 0.15) is 11.5 Å². The molecule has 2 heterocycles. The van der Waals surface area contributed by atoms with Crippen molar-refractivity contribution in [3.05, 3.63) is 46.8 Å². The van der Waals surface area contributed by atoms with E-state index in [-0.39, 0.29) is 0 Å². The molecule has 0 saturated carbocycles. The highest BCUT2D eigenvalue weighted by atomic mass is 79.9. The molecule has 0 aliphatic carbocycles. The summed E-state index contributed by atoms with van der Waals surface area (Å²) in [4.78, 5) is 0. The Balaban J connectivity index is 1.56. The number of furan rings is 1. The minimum atomic E-state index is 0.610. The number of thioether (sulfide) groups is 1. The Bertz CT molecular complexity index is 783. The first kappa shape index (κ1) is 16.1. The van der Waals surface area contributed by atoms with Gasteiger partial charge in [0.05, 0.1) is 18.4 Å². The van der Waals surface area contributed by atoms with E-state index in [2.05, 4.69) is 26.1 Å². The molecule has 3 rings (SSSR count). The van der Waals surface area contributed by atoms with Crippen molar-refractivity contribution in [2.45, 2.75) is 12.1 Å². The highest BCUT2D eigenvalue weighted by molar-refractivity contribution is 9.10. The summed E-state index contributed by atoms with van der Waals surface area (Å²) in [6.45, 7) is 2.53. The molecule has 0 N–H and O–H groups in total. The Morgan fingerprint density at radius 1 is 1.22 bits per heavy atom. The molecule has 5 nitrogen and oxygen atoms in total. The van der Waals surface area contributed by atoms with Crippen LogP contribution < -0.4 is 4.74 Å². The van der Waals surface area contributed by atoms with Gasteiger partial charge in [0.2, 0.25) is 0 Å². The van der Waals surface area contributed by atoms with E-state index >= 15 is 0 Å². The minimum absolute atomic E-state index is 0.610. The van der Waals surface area contributed by atoms with Gasteiger partial charge < -0.3 is 13.7 Å². The fourth-order valence-electron chi connectivity index (χ4n) is 2.12. The van der Waals surface area contributed by atoms with Gasteiger partial charge in [0.25, 0.3) is 0 Å². The fraction of sp³-hybridized carbons (Fsp3) is 0.250. The summed E-state index contributed by atoms with van der Waals surface area (Å²) in [6.07, 6.45) is 1.66. The number of aryl methyl sites for hydroxylation is 1.